The van der Waals surface area contributed by atoms with Gasteiger partial charge in [0.2, 0.25) is 6.79 Å². The van der Waals surface area contributed by atoms with Crippen molar-refractivity contribution in [3.8, 4) is 22.8 Å². The summed E-state index contributed by atoms with van der Waals surface area (Å²) in [6.07, 6.45) is 1.55. The number of carbonyl (C=O) groups is 1. The number of thiazole rings is 1. The summed E-state index contributed by atoms with van der Waals surface area (Å²) < 4.78 is 24.0. The van der Waals surface area contributed by atoms with Gasteiger partial charge in [-0.2, -0.15) is 0 Å². The summed E-state index contributed by atoms with van der Waals surface area (Å²) in [5, 5.41) is 11.2. The van der Waals surface area contributed by atoms with E-state index in [0.717, 1.165) is 17.4 Å². The van der Waals surface area contributed by atoms with Crippen molar-refractivity contribution >= 4 is 52.3 Å². The van der Waals surface area contributed by atoms with Gasteiger partial charge in [-0.1, -0.05) is 40.6 Å². The van der Waals surface area contributed by atoms with Gasteiger partial charge in [-0.25, -0.2) is 9.79 Å². The molecule has 42 heavy (non-hydrogen) atoms. The molecule has 6 rings (SSSR count). The number of rotatable bonds is 6. The molecule has 0 fully saturated rings. The summed E-state index contributed by atoms with van der Waals surface area (Å²) in [5.41, 5.74) is 0.909. The van der Waals surface area contributed by atoms with Gasteiger partial charge in [-0.05, 0) is 49.7 Å². The van der Waals surface area contributed by atoms with Gasteiger partial charge in [-0.3, -0.25) is 19.5 Å². The molecule has 2 aromatic carbocycles. The van der Waals surface area contributed by atoms with Gasteiger partial charge in [0.25, 0.3) is 11.2 Å². The van der Waals surface area contributed by atoms with E-state index in [9.17, 15) is 19.7 Å². The number of nitro groups is 1. The van der Waals surface area contributed by atoms with E-state index in [-0.39, 0.29) is 34.7 Å². The standard InChI is InChI=1S/C28H19Cl2N3O8S/c1-3-38-27(35)24-13(2)31-28-32(25(24)14-4-6-21-22(8-14)40-12-39-21)26(34)23(42-28)9-15-5-7-20(41-15)16-10-18(30)19(33(36)37)11-17(16)29/h4-11,25H,3,12H2,1-2H3/b23-9+. The zero-order valence-corrected chi connectivity index (χ0v) is 24.2. The lowest BCUT2D eigenvalue weighted by atomic mass is 9.95. The summed E-state index contributed by atoms with van der Waals surface area (Å²) in [5.74, 6) is 1.11. The van der Waals surface area contributed by atoms with Gasteiger partial charge >= 0.3 is 5.97 Å². The third-order valence-corrected chi connectivity index (χ3v) is 8.23. The fourth-order valence-corrected chi connectivity index (χ4v) is 6.27. The molecule has 0 aliphatic carbocycles. The third-order valence-electron chi connectivity index (χ3n) is 6.63. The van der Waals surface area contributed by atoms with Crippen LogP contribution in [0.4, 0.5) is 5.69 Å². The molecule has 4 heterocycles. The molecule has 14 heteroatoms. The molecule has 1 unspecified atom stereocenters. The van der Waals surface area contributed by atoms with Crippen molar-refractivity contribution in [2.45, 2.75) is 19.9 Å². The monoisotopic (exact) mass is 627 g/mol. The smallest absolute Gasteiger partial charge is 0.338 e. The summed E-state index contributed by atoms with van der Waals surface area (Å²) >= 11 is 13.5. The molecule has 214 valence electrons. The molecule has 0 bridgehead atoms. The van der Waals surface area contributed by atoms with E-state index < -0.39 is 22.5 Å². The molecule has 11 nitrogen and oxygen atoms in total. The largest absolute Gasteiger partial charge is 0.463 e. The number of hydrogen-bond acceptors (Lipinski definition) is 10. The second kappa shape index (κ2) is 10.8. The molecule has 0 saturated carbocycles. The first-order chi connectivity index (χ1) is 20.2. The van der Waals surface area contributed by atoms with Crippen LogP contribution in [0.3, 0.4) is 0 Å². The van der Waals surface area contributed by atoms with Crippen molar-refractivity contribution < 1.29 is 28.3 Å². The quantitative estimate of drug-likeness (QED) is 0.165. The van der Waals surface area contributed by atoms with Crippen LogP contribution in [0, 0.1) is 10.1 Å². The van der Waals surface area contributed by atoms with Crippen molar-refractivity contribution in [3.63, 3.8) is 0 Å². The number of furan rings is 1. The minimum atomic E-state index is -0.829. The lowest BCUT2D eigenvalue weighted by Crippen LogP contribution is -2.39. The van der Waals surface area contributed by atoms with Gasteiger partial charge in [0.1, 0.15) is 16.5 Å². The van der Waals surface area contributed by atoms with Crippen molar-refractivity contribution in [1.29, 1.82) is 0 Å². The van der Waals surface area contributed by atoms with E-state index in [0.29, 0.717) is 49.2 Å². The van der Waals surface area contributed by atoms with E-state index in [2.05, 4.69) is 4.99 Å². The first kappa shape index (κ1) is 27.8. The van der Waals surface area contributed by atoms with E-state index in [1.807, 2.05) is 0 Å². The van der Waals surface area contributed by atoms with Crippen molar-refractivity contribution in [2.24, 2.45) is 4.99 Å². The predicted octanol–water partition coefficient (Wildman–Crippen LogP) is 5.00. The van der Waals surface area contributed by atoms with E-state index >= 15 is 0 Å². The summed E-state index contributed by atoms with van der Waals surface area (Å²) in [7, 11) is 0. The van der Waals surface area contributed by atoms with Gasteiger partial charge in [-0.15, -0.1) is 0 Å². The molecule has 2 aliphatic rings. The fraction of sp³-hybridized carbons (Fsp3) is 0.179. The maximum absolute atomic E-state index is 13.9. The molecule has 2 aliphatic heterocycles. The molecule has 2 aromatic heterocycles. The highest BCUT2D eigenvalue weighted by molar-refractivity contribution is 7.07. The van der Waals surface area contributed by atoms with Crippen LogP contribution in [-0.2, 0) is 9.53 Å². The maximum Gasteiger partial charge on any atom is 0.338 e. The Kier molecular flexibility index (Phi) is 7.13. The Balaban J connectivity index is 1.45. The predicted molar refractivity (Wildman–Crippen MR) is 154 cm³/mol. The fourth-order valence-electron chi connectivity index (χ4n) is 4.76. The molecule has 4 aromatic rings. The number of hydrogen-bond donors (Lipinski definition) is 0. The van der Waals surface area contributed by atoms with Gasteiger partial charge in [0, 0.05) is 17.7 Å². The number of nitrogens with zero attached hydrogens (tertiary/aromatic N) is 3. The highest BCUT2D eigenvalue weighted by Gasteiger charge is 2.34. The number of aromatic nitrogens is 1. The number of esters is 1. The maximum atomic E-state index is 13.9. The second-order valence-electron chi connectivity index (χ2n) is 9.16. The number of ether oxygens (including phenoxy) is 3. The molecule has 0 amide bonds. The van der Waals surface area contributed by atoms with Crippen LogP contribution in [-0.4, -0.2) is 28.9 Å². The van der Waals surface area contributed by atoms with E-state index in [1.165, 1.54) is 10.6 Å². The molecule has 0 saturated heterocycles. The Hall–Kier alpha value is -4.39. The number of halogens is 2. The SMILES string of the molecule is CCOC(=O)C1=C(C)N=c2s/c(=C/c3ccc(-c4cc(Cl)c([N+](=O)[O-])cc4Cl)o3)c(=O)n2C1c1ccc2c(c1)OCO2. The third kappa shape index (κ3) is 4.77. The molecular weight excluding hydrogens is 609 g/mol. The highest BCUT2D eigenvalue weighted by atomic mass is 35.5. The Morgan fingerprint density at radius 1 is 1.19 bits per heavy atom. The Morgan fingerprint density at radius 2 is 1.98 bits per heavy atom. The van der Waals surface area contributed by atoms with Gasteiger partial charge in [0.15, 0.2) is 16.3 Å². The van der Waals surface area contributed by atoms with Crippen LogP contribution in [0.1, 0.15) is 31.2 Å². The zero-order chi connectivity index (χ0) is 29.7. The highest BCUT2D eigenvalue weighted by Crippen LogP contribution is 2.39. The minimum absolute atomic E-state index is 0.0730. The summed E-state index contributed by atoms with van der Waals surface area (Å²) in [4.78, 5) is 42.5. The number of fused-ring (bicyclic) bond motifs is 2. The number of nitro benzene ring substituents is 1. The Bertz CT molecular complexity index is 2010. The molecule has 1 atom stereocenters. The lowest BCUT2D eigenvalue weighted by Gasteiger charge is -2.24. The average Bonchev–Trinajstić information content (AvgIpc) is 3.68. The van der Waals surface area contributed by atoms with Gasteiger partial charge in [0.05, 0.1) is 38.4 Å². The first-order valence-corrected chi connectivity index (χ1v) is 14.1. The average molecular weight is 628 g/mol. The topological polar surface area (TPSA) is 135 Å². The molecule has 0 spiro atoms. The summed E-state index contributed by atoms with van der Waals surface area (Å²) in [6, 6.07) is 10.2. The van der Waals surface area contributed by atoms with Crippen LogP contribution < -0.4 is 24.4 Å². The van der Waals surface area contributed by atoms with E-state index in [4.69, 9.17) is 41.8 Å². The Morgan fingerprint density at radius 3 is 2.74 bits per heavy atom. The molecule has 0 N–H and O–H groups in total. The second-order valence-corrected chi connectivity index (χ2v) is 11.0. The Labute approximate surface area is 250 Å². The van der Waals surface area contributed by atoms with Crippen LogP contribution in [0.15, 0.2) is 67.9 Å². The minimum Gasteiger partial charge on any atom is -0.463 e. The van der Waals surface area contributed by atoms with E-state index in [1.54, 1.807) is 50.3 Å². The van der Waals surface area contributed by atoms with Gasteiger partial charge < -0.3 is 18.6 Å². The van der Waals surface area contributed by atoms with Crippen LogP contribution >= 0.6 is 34.5 Å². The summed E-state index contributed by atoms with van der Waals surface area (Å²) in [6.45, 7) is 3.62. The van der Waals surface area contributed by atoms with Crippen LogP contribution in [0.25, 0.3) is 17.4 Å². The van der Waals surface area contributed by atoms with Crippen molar-refractivity contribution in [2.75, 3.05) is 13.4 Å². The zero-order valence-electron chi connectivity index (χ0n) is 21.9. The molecule has 0 radical (unpaired) electrons. The lowest BCUT2D eigenvalue weighted by molar-refractivity contribution is -0.384. The number of carbonyl (C=O) groups excluding carboxylic acids is 1. The van der Waals surface area contributed by atoms with Crippen molar-refractivity contribution in [1.82, 2.24) is 4.57 Å². The van der Waals surface area contributed by atoms with Crippen molar-refractivity contribution in [3.05, 3.63) is 105 Å². The van der Waals surface area contributed by atoms with Crippen LogP contribution in [0.5, 0.6) is 11.5 Å². The number of benzene rings is 2. The number of allylic oxidation sites excluding steroid dienone is 1. The molecular formula is C28H19Cl2N3O8S. The first-order valence-electron chi connectivity index (χ1n) is 12.5. The van der Waals surface area contributed by atoms with Crippen LogP contribution in [0.2, 0.25) is 10.0 Å². The normalized spacial score (nSPS) is 15.9.